The third kappa shape index (κ3) is 3.34. The molecule has 1 rings (SSSR count). The lowest BCUT2D eigenvalue weighted by atomic mass is 10.1. The van der Waals surface area contributed by atoms with Crippen molar-refractivity contribution in [2.24, 2.45) is 0 Å². The van der Waals surface area contributed by atoms with Crippen LogP contribution in [0.15, 0.2) is 18.2 Å². The van der Waals surface area contributed by atoms with Gasteiger partial charge < -0.3 is 9.53 Å². The molecular weight excluding hydrogens is 267 g/mol. The van der Waals surface area contributed by atoms with Crippen LogP contribution in [-0.2, 0) is 19.7 Å². The second-order valence-electron chi connectivity index (χ2n) is 3.35. The molecule has 0 spiro atoms. The first-order valence-electron chi connectivity index (χ1n) is 4.65. The van der Waals surface area contributed by atoms with Crippen LogP contribution < -0.4 is 4.74 Å². The average molecular weight is 276 g/mol. The molecule has 1 aromatic rings. The van der Waals surface area contributed by atoms with Gasteiger partial charge in [-0.15, -0.1) is 0 Å². The van der Waals surface area contributed by atoms with Gasteiger partial charge in [0, 0.05) is 18.6 Å². The zero-order chi connectivity index (χ0) is 13.9. The third-order valence-corrected chi connectivity index (χ3v) is 2.99. The Kier molecular flexibility index (Phi) is 4.15. The number of carbonyl (C=O) groups is 2. The largest absolute Gasteiger partial charge is 0.427 e. The number of esters is 1. The van der Waals surface area contributed by atoms with E-state index in [4.69, 9.17) is 4.55 Å². The van der Waals surface area contributed by atoms with Crippen LogP contribution in [-0.4, -0.2) is 25.2 Å². The highest BCUT2D eigenvalue weighted by Gasteiger charge is 2.27. The SMILES string of the molecule is CC(=O)Oc1ccc(C(C=O)S(=O)(=O)O)c(F)c1. The van der Waals surface area contributed by atoms with E-state index in [0.29, 0.717) is 0 Å². The Morgan fingerprint density at radius 3 is 2.50 bits per heavy atom. The van der Waals surface area contributed by atoms with Crippen molar-refractivity contribution in [2.75, 3.05) is 0 Å². The van der Waals surface area contributed by atoms with Gasteiger partial charge in [-0.25, -0.2) is 4.39 Å². The first-order valence-corrected chi connectivity index (χ1v) is 6.15. The van der Waals surface area contributed by atoms with E-state index in [1.54, 1.807) is 0 Å². The zero-order valence-electron chi connectivity index (χ0n) is 9.16. The Morgan fingerprint density at radius 2 is 2.11 bits per heavy atom. The molecule has 0 radical (unpaired) electrons. The number of benzene rings is 1. The van der Waals surface area contributed by atoms with E-state index >= 15 is 0 Å². The molecule has 0 aromatic heterocycles. The van der Waals surface area contributed by atoms with Crippen molar-refractivity contribution in [3.8, 4) is 5.75 Å². The molecular formula is C10H9FO6S. The minimum Gasteiger partial charge on any atom is -0.427 e. The standard InChI is InChI=1S/C10H9FO6S/c1-6(13)17-7-2-3-8(9(11)4-7)10(5-12)18(14,15)16/h2-5,10H,1H3,(H,14,15,16). The van der Waals surface area contributed by atoms with E-state index in [1.807, 2.05) is 0 Å². The van der Waals surface area contributed by atoms with Gasteiger partial charge in [-0.05, 0) is 6.07 Å². The zero-order valence-corrected chi connectivity index (χ0v) is 9.98. The van der Waals surface area contributed by atoms with Gasteiger partial charge in [0.1, 0.15) is 17.9 Å². The van der Waals surface area contributed by atoms with Crippen molar-refractivity contribution in [3.05, 3.63) is 29.6 Å². The maximum Gasteiger partial charge on any atom is 0.308 e. The van der Waals surface area contributed by atoms with Gasteiger partial charge in [-0.2, -0.15) is 8.42 Å². The lowest BCUT2D eigenvalue weighted by Crippen LogP contribution is -2.15. The first kappa shape index (κ1) is 14.3. The molecule has 0 aliphatic carbocycles. The second kappa shape index (κ2) is 5.23. The van der Waals surface area contributed by atoms with Crippen LogP contribution in [0.25, 0.3) is 0 Å². The number of carbonyl (C=O) groups excluding carboxylic acids is 2. The highest BCUT2D eigenvalue weighted by molar-refractivity contribution is 7.86. The molecule has 6 nitrogen and oxygen atoms in total. The molecule has 0 heterocycles. The van der Waals surface area contributed by atoms with Gasteiger partial charge in [0.2, 0.25) is 0 Å². The highest BCUT2D eigenvalue weighted by Crippen LogP contribution is 2.25. The smallest absolute Gasteiger partial charge is 0.308 e. The van der Waals surface area contributed by atoms with E-state index < -0.39 is 32.7 Å². The summed E-state index contributed by atoms with van der Waals surface area (Å²) in [6.07, 6.45) is -0.0980. The average Bonchev–Trinajstić information content (AvgIpc) is 2.19. The fraction of sp³-hybridized carbons (Fsp3) is 0.200. The number of ether oxygens (including phenoxy) is 1. The van der Waals surface area contributed by atoms with Gasteiger partial charge in [-0.3, -0.25) is 9.35 Å². The molecule has 98 valence electrons. The molecule has 0 aliphatic heterocycles. The number of hydrogen-bond acceptors (Lipinski definition) is 5. The van der Waals surface area contributed by atoms with E-state index in [0.717, 1.165) is 25.1 Å². The van der Waals surface area contributed by atoms with Crippen molar-refractivity contribution >= 4 is 22.4 Å². The minimum atomic E-state index is -4.74. The minimum absolute atomic E-state index is 0.0980. The maximum absolute atomic E-state index is 13.5. The number of rotatable bonds is 4. The molecule has 0 fully saturated rings. The van der Waals surface area contributed by atoms with Crippen LogP contribution in [0.2, 0.25) is 0 Å². The van der Waals surface area contributed by atoms with Crippen molar-refractivity contribution < 1.29 is 31.7 Å². The van der Waals surface area contributed by atoms with E-state index in [-0.39, 0.29) is 12.0 Å². The Labute approximate surface area is 102 Å². The molecule has 1 unspecified atom stereocenters. The van der Waals surface area contributed by atoms with Gasteiger partial charge in [0.25, 0.3) is 10.1 Å². The van der Waals surface area contributed by atoms with Crippen molar-refractivity contribution in [3.63, 3.8) is 0 Å². The van der Waals surface area contributed by atoms with E-state index in [9.17, 15) is 22.4 Å². The van der Waals surface area contributed by atoms with Gasteiger partial charge in [0.05, 0.1) is 0 Å². The Bertz CT molecular complexity index is 580. The summed E-state index contributed by atoms with van der Waals surface area (Å²) in [5, 5.41) is -2.01. The summed E-state index contributed by atoms with van der Waals surface area (Å²) in [5.74, 6) is -1.89. The molecule has 18 heavy (non-hydrogen) atoms. The second-order valence-corrected chi connectivity index (χ2v) is 4.89. The molecule has 0 amide bonds. The predicted octanol–water partition coefficient (Wildman–Crippen LogP) is 0.879. The lowest BCUT2D eigenvalue weighted by molar-refractivity contribution is -0.131. The fourth-order valence-electron chi connectivity index (χ4n) is 1.27. The molecule has 1 N–H and O–H groups in total. The third-order valence-electron chi connectivity index (χ3n) is 1.98. The molecule has 0 saturated heterocycles. The van der Waals surface area contributed by atoms with Crippen LogP contribution in [0.4, 0.5) is 4.39 Å². The Hall–Kier alpha value is -1.80. The maximum atomic E-state index is 13.5. The summed E-state index contributed by atoms with van der Waals surface area (Å²) in [4.78, 5) is 21.2. The molecule has 8 heteroatoms. The Balaban J connectivity index is 3.20. The fourth-order valence-corrected chi connectivity index (χ4v) is 1.92. The van der Waals surface area contributed by atoms with Gasteiger partial charge in [0.15, 0.2) is 5.25 Å². The van der Waals surface area contributed by atoms with Gasteiger partial charge >= 0.3 is 5.97 Å². The monoisotopic (exact) mass is 276 g/mol. The molecule has 1 atom stereocenters. The summed E-state index contributed by atoms with van der Waals surface area (Å²) in [6.45, 7) is 1.11. The number of halogens is 1. The van der Waals surface area contributed by atoms with E-state index in [1.165, 1.54) is 0 Å². The molecule has 1 aromatic carbocycles. The van der Waals surface area contributed by atoms with Crippen LogP contribution in [0.3, 0.4) is 0 Å². The van der Waals surface area contributed by atoms with Crippen LogP contribution in [0.5, 0.6) is 5.75 Å². The molecule has 0 aliphatic rings. The van der Waals surface area contributed by atoms with Gasteiger partial charge in [-0.1, -0.05) is 6.07 Å². The molecule has 0 saturated carbocycles. The Morgan fingerprint density at radius 1 is 1.50 bits per heavy atom. The first-order chi connectivity index (χ1) is 8.25. The van der Waals surface area contributed by atoms with Crippen LogP contribution in [0, 0.1) is 5.82 Å². The number of aldehydes is 1. The highest BCUT2D eigenvalue weighted by atomic mass is 32.2. The topological polar surface area (TPSA) is 97.7 Å². The van der Waals surface area contributed by atoms with Crippen molar-refractivity contribution in [1.82, 2.24) is 0 Å². The quantitative estimate of drug-likeness (QED) is 0.379. The normalized spacial score (nSPS) is 12.8. The van der Waals surface area contributed by atoms with E-state index in [2.05, 4.69) is 4.74 Å². The van der Waals surface area contributed by atoms with Crippen molar-refractivity contribution in [2.45, 2.75) is 12.2 Å². The summed E-state index contributed by atoms with van der Waals surface area (Å²) in [6, 6.07) is 2.81. The number of hydrogen-bond donors (Lipinski definition) is 1. The summed E-state index contributed by atoms with van der Waals surface area (Å²) >= 11 is 0. The summed E-state index contributed by atoms with van der Waals surface area (Å²) < 4.78 is 48.6. The lowest BCUT2D eigenvalue weighted by Gasteiger charge is -2.09. The summed E-state index contributed by atoms with van der Waals surface area (Å²) in [5.41, 5.74) is -0.525. The summed E-state index contributed by atoms with van der Waals surface area (Å²) in [7, 11) is -4.74. The predicted molar refractivity (Wildman–Crippen MR) is 58.1 cm³/mol. The van der Waals surface area contributed by atoms with Crippen LogP contribution in [0.1, 0.15) is 17.7 Å². The van der Waals surface area contributed by atoms with Crippen LogP contribution >= 0.6 is 0 Å². The van der Waals surface area contributed by atoms with Crippen molar-refractivity contribution in [1.29, 1.82) is 0 Å². The molecule has 0 bridgehead atoms.